The van der Waals surface area contributed by atoms with Crippen LogP contribution in [-0.4, -0.2) is 60.5 Å². The molecular weight excluding hydrogens is 382 g/mol. The smallest absolute Gasteiger partial charge is 0.320 e. The van der Waals surface area contributed by atoms with Crippen LogP contribution in [0, 0.1) is 0 Å². The summed E-state index contributed by atoms with van der Waals surface area (Å²) in [5, 5.41) is 8.64. The zero-order valence-corrected chi connectivity index (χ0v) is 18.0. The normalized spacial score (nSPS) is 16.3. The second kappa shape index (κ2) is 7.71. The molecule has 1 aliphatic rings. The van der Waals surface area contributed by atoms with E-state index in [-0.39, 0.29) is 5.97 Å². The molecule has 4 rings (SSSR count). The van der Waals surface area contributed by atoms with Gasteiger partial charge in [0.1, 0.15) is 11.4 Å². The van der Waals surface area contributed by atoms with E-state index in [1.54, 1.807) is 21.6 Å². The minimum Gasteiger partial charge on any atom is -0.459 e. The van der Waals surface area contributed by atoms with Crippen LogP contribution in [0.2, 0.25) is 0 Å². The van der Waals surface area contributed by atoms with Crippen molar-refractivity contribution in [2.24, 2.45) is 7.05 Å². The number of nitrogens with zero attached hydrogens (tertiary/aromatic N) is 6. The Hall–Kier alpha value is -2.94. The molecule has 3 aromatic rings. The van der Waals surface area contributed by atoms with E-state index in [1.807, 2.05) is 40.1 Å². The number of likely N-dealkylation sites (tertiary alicyclic amines) is 1. The Labute approximate surface area is 175 Å². The Morgan fingerprint density at radius 2 is 1.97 bits per heavy atom. The maximum Gasteiger partial charge on any atom is 0.320 e. The fourth-order valence-corrected chi connectivity index (χ4v) is 3.92. The second-order valence-corrected chi connectivity index (χ2v) is 8.94. The topological polar surface area (TPSA) is 104 Å². The van der Waals surface area contributed by atoms with E-state index in [0.29, 0.717) is 18.3 Å². The summed E-state index contributed by atoms with van der Waals surface area (Å²) in [4.78, 5) is 19.2. The van der Waals surface area contributed by atoms with Crippen molar-refractivity contribution >= 4 is 17.4 Å². The second-order valence-electron chi connectivity index (χ2n) is 8.94. The van der Waals surface area contributed by atoms with Crippen molar-refractivity contribution < 1.29 is 9.53 Å². The van der Waals surface area contributed by atoms with Crippen molar-refractivity contribution in [1.82, 2.24) is 29.3 Å². The highest BCUT2D eigenvalue weighted by molar-refractivity contribution is 5.77. The molecule has 0 atom stereocenters. The van der Waals surface area contributed by atoms with Gasteiger partial charge in [0.15, 0.2) is 5.65 Å². The van der Waals surface area contributed by atoms with E-state index in [9.17, 15) is 4.79 Å². The summed E-state index contributed by atoms with van der Waals surface area (Å²) in [5.74, 6) is 0.690. The number of ether oxygens (including phenoxy) is 1. The molecule has 1 aliphatic heterocycles. The van der Waals surface area contributed by atoms with Crippen LogP contribution in [0.5, 0.6) is 0 Å². The summed E-state index contributed by atoms with van der Waals surface area (Å²) in [6, 6.07) is 1.92. The standard InChI is InChI=1S/C21H29N7O2/c1-21(2,3)30-19(29)13-27-7-5-14(6-8-27)17-9-18(22)28-20(25-17)16(11-24-28)15-10-23-26(4)12-15/h9-12,14H,5-8,13,22H2,1-4H3. The van der Waals surface area contributed by atoms with Gasteiger partial charge in [-0.1, -0.05) is 0 Å². The molecular formula is C21H29N7O2. The first kappa shape index (κ1) is 20.3. The number of nitrogen functional groups attached to an aromatic ring is 1. The van der Waals surface area contributed by atoms with Crippen LogP contribution < -0.4 is 5.73 Å². The van der Waals surface area contributed by atoms with Crippen LogP contribution in [0.15, 0.2) is 24.7 Å². The van der Waals surface area contributed by atoms with E-state index < -0.39 is 5.60 Å². The van der Waals surface area contributed by atoms with Gasteiger partial charge >= 0.3 is 5.97 Å². The minimum absolute atomic E-state index is 0.176. The summed E-state index contributed by atoms with van der Waals surface area (Å²) >= 11 is 0. The number of fused-ring (bicyclic) bond motifs is 1. The predicted octanol–water partition coefficient (Wildman–Crippen LogP) is 2.23. The Morgan fingerprint density at radius 1 is 1.23 bits per heavy atom. The van der Waals surface area contributed by atoms with E-state index in [2.05, 4.69) is 15.1 Å². The molecule has 0 radical (unpaired) electrons. The molecule has 0 amide bonds. The number of rotatable bonds is 4. The highest BCUT2D eigenvalue weighted by Gasteiger charge is 2.26. The monoisotopic (exact) mass is 411 g/mol. The number of anilines is 1. The number of aromatic nitrogens is 5. The molecule has 0 aliphatic carbocycles. The number of hydrogen-bond donors (Lipinski definition) is 1. The van der Waals surface area contributed by atoms with Gasteiger partial charge in [-0.2, -0.15) is 14.7 Å². The van der Waals surface area contributed by atoms with Crippen LogP contribution in [0.25, 0.3) is 16.8 Å². The predicted molar refractivity (Wildman–Crippen MR) is 114 cm³/mol. The zero-order valence-electron chi connectivity index (χ0n) is 18.0. The van der Waals surface area contributed by atoms with Crippen molar-refractivity contribution in [3.05, 3.63) is 30.4 Å². The SMILES string of the molecule is Cn1cc(-c2cnn3c(N)cc(C4CCN(CC(=O)OC(C)(C)C)CC4)nc23)cn1. The molecule has 0 saturated carbocycles. The molecule has 2 N–H and O–H groups in total. The van der Waals surface area contributed by atoms with Crippen LogP contribution >= 0.6 is 0 Å². The van der Waals surface area contributed by atoms with Crippen LogP contribution in [0.4, 0.5) is 5.82 Å². The first-order valence-corrected chi connectivity index (χ1v) is 10.3. The minimum atomic E-state index is -0.455. The number of esters is 1. The highest BCUT2D eigenvalue weighted by atomic mass is 16.6. The summed E-state index contributed by atoms with van der Waals surface area (Å²) in [6.45, 7) is 7.64. The largest absolute Gasteiger partial charge is 0.459 e. The molecule has 0 bridgehead atoms. The van der Waals surface area contributed by atoms with Gasteiger partial charge in [0.2, 0.25) is 0 Å². The van der Waals surface area contributed by atoms with Gasteiger partial charge in [0, 0.05) is 42.0 Å². The maximum absolute atomic E-state index is 12.1. The van der Waals surface area contributed by atoms with Gasteiger partial charge in [-0.15, -0.1) is 0 Å². The highest BCUT2D eigenvalue weighted by Crippen LogP contribution is 2.31. The summed E-state index contributed by atoms with van der Waals surface area (Å²) < 4.78 is 8.86. The molecule has 9 nitrogen and oxygen atoms in total. The average molecular weight is 412 g/mol. The lowest BCUT2D eigenvalue weighted by atomic mass is 9.93. The Balaban J connectivity index is 1.49. The third-order valence-electron chi connectivity index (χ3n) is 5.31. The molecule has 160 valence electrons. The molecule has 9 heteroatoms. The number of piperidine rings is 1. The molecule has 1 saturated heterocycles. The molecule has 0 spiro atoms. The number of hydrogen-bond acceptors (Lipinski definition) is 7. The average Bonchev–Trinajstić information content (AvgIpc) is 3.27. The first-order valence-electron chi connectivity index (χ1n) is 10.3. The van der Waals surface area contributed by atoms with Crippen molar-refractivity contribution in [2.75, 3.05) is 25.4 Å². The summed E-state index contributed by atoms with van der Waals surface area (Å²) in [5.41, 5.74) is 9.42. The molecule has 0 aromatic carbocycles. The third kappa shape index (κ3) is 4.30. The van der Waals surface area contributed by atoms with Crippen LogP contribution in [-0.2, 0) is 16.6 Å². The maximum atomic E-state index is 12.1. The van der Waals surface area contributed by atoms with Crippen molar-refractivity contribution in [3.8, 4) is 11.1 Å². The van der Waals surface area contributed by atoms with Gasteiger partial charge in [-0.25, -0.2) is 4.98 Å². The van der Waals surface area contributed by atoms with Crippen LogP contribution in [0.1, 0.15) is 45.2 Å². The Morgan fingerprint density at radius 3 is 2.60 bits per heavy atom. The Bertz CT molecular complexity index is 1060. The van der Waals surface area contributed by atoms with Gasteiger partial charge in [-0.3, -0.25) is 14.4 Å². The molecule has 4 heterocycles. The molecule has 1 fully saturated rings. The lowest BCUT2D eigenvalue weighted by molar-refractivity contribution is -0.156. The van der Waals surface area contributed by atoms with Crippen molar-refractivity contribution in [2.45, 2.75) is 45.1 Å². The number of aryl methyl sites for hydroxylation is 1. The third-order valence-corrected chi connectivity index (χ3v) is 5.31. The first-order chi connectivity index (χ1) is 14.2. The quantitative estimate of drug-likeness (QED) is 0.657. The van der Waals surface area contributed by atoms with Gasteiger partial charge in [0.05, 0.1) is 18.9 Å². The molecule has 30 heavy (non-hydrogen) atoms. The van der Waals surface area contributed by atoms with Gasteiger partial charge in [-0.05, 0) is 46.7 Å². The van der Waals surface area contributed by atoms with Gasteiger partial charge < -0.3 is 10.5 Å². The lowest BCUT2D eigenvalue weighted by Crippen LogP contribution is -2.39. The zero-order chi connectivity index (χ0) is 21.5. The number of carbonyl (C=O) groups is 1. The summed E-state index contributed by atoms with van der Waals surface area (Å²) in [6.07, 6.45) is 7.36. The number of carbonyl (C=O) groups excluding carboxylic acids is 1. The molecule has 3 aromatic heterocycles. The van der Waals surface area contributed by atoms with Crippen LogP contribution in [0.3, 0.4) is 0 Å². The number of nitrogens with two attached hydrogens (primary N) is 1. The summed E-state index contributed by atoms with van der Waals surface area (Å²) in [7, 11) is 1.88. The van der Waals surface area contributed by atoms with Crippen molar-refractivity contribution in [1.29, 1.82) is 0 Å². The fraction of sp³-hybridized carbons (Fsp3) is 0.524. The Kier molecular flexibility index (Phi) is 5.23. The van der Waals surface area contributed by atoms with E-state index in [4.69, 9.17) is 15.5 Å². The lowest BCUT2D eigenvalue weighted by Gasteiger charge is -2.31. The van der Waals surface area contributed by atoms with E-state index >= 15 is 0 Å². The molecule has 0 unspecified atom stereocenters. The van der Waals surface area contributed by atoms with Crippen molar-refractivity contribution in [3.63, 3.8) is 0 Å². The van der Waals surface area contributed by atoms with E-state index in [1.165, 1.54) is 0 Å². The fourth-order valence-electron chi connectivity index (χ4n) is 3.92. The van der Waals surface area contributed by atoms with Gasteiger partial charge in [0.25, 0.3) is 0 Å². The van der Waals surface area contributed by atoms with E-state index in [0.717, 1.165) is 48.4 Å².